The van der Waals surface area contributed by atoms with E-state index in [0.29, 0.717) is 5.56 Å². The average Bonchev–Trinajstić information content (AvgIpc) is 2.60. The van der Waals surface area contributed by atoms with Gasteiger partial charge in [0, 0.05) is 12.7 Å². The molecule has 1 aliphatic heterocycles. The molecule has 1 saturated heterocycles. The first-order chi connectivity index (χ1) is 12.7. The van der Waals surface area contributed by atoms with Gasteiger partial charge < -0.3 is 5.32 Å². The Morgan fingerprint density at radius 3 is 2.67 bits per heavy atom. The number of likely N-dealkylation sites (N-methyl/N-ethyl adjacent to an activating group) is 1. The van der Waals surface area contributed by atoms with Crippen molar-refractivity contribution in [2.75, 3.05) is 12.4 Å². The molecule has 2 atom stereocenters. The van der Waals surface area contributed by atoms with Crippen LogP contribution in [0.2, 0.25) is 5.02 Å². The Morgan fingerprint density at radius 1 is 1.26 bits per heavy atom. The number of amides is 1. The zero-order valence-electron chi connectivity index (χ0n) is 14.1. The van der Waals surface area contributed by atoms with Gasteiger partial charge in [-0.3, -0.25) is 4.79 Å². The summed E-state index contributed by atoms with van der Waals surface area (Å²) in [5.41, 5.74) is 0.646. The van der Waals surface area contributed by atoms with E-state index in [9.17, 15) is 22.0 Å². The number of benzene rings is 2. The maximum absolute atomic E-state index is 13.5. The number of hydrogen-bond donors (Lipinski definition) is 2. The van der Waals surface area contributed by atoms with E-state index in [1.807, 2.05) is 0 Å². The summed E-state index contributed by atoms with van der Waals surface area (Å²) >= 11 is 5.70. The third-order valence-corrected chi connectivity index (χ3v) is 6.19. The molecule has 0 radical (unpaired) electrons. The third-order valence-electron chi connectivity index (χ3n) is 4.31. The standard InChI is InChI=1S/C17H16ClF2N3O3S/c1-23-16(17(24)21-12-5-6-14(20)13(18)8-12)9-15(22-27(23,25)26)10-3-2-4-11(19)7-10/h2-8,15-16,22H,9H2,1H3,(H,21,24)/t15?,16-/m1/s1. The molecule has 1 aliphatic rings. The summed E-state index contributed by atoms with van der Waals surface area (Å²) in [7, 11) is -2.69. The number of rotatable bonds is 3. The lowest BCUT2D eigenvalue weighted by molar-refractivity contribution is -0.120. The second-order valence-corrected chi connectivity index (χ2v) is 8.29. The van der Waals surface area contributed by atoms with Crippen molar-refractivity contribution in [1.82, 2.24) is 9.03 Å². The lowest BCUT2D eigenvalue weighted by atomic mass is 9.99. The summed E-state index contributed by atoms with van der Waals surface area (Å²) in [5.74, 6) is -1.75. The van der Waals surface area contributed by atoms with Crippen LogP contribution in [0.25, 0.3) is 0 Å². The Morgan fingerprint density at radius 2 is 2.00 bits per heavy atom. The highest BCUT2D eigenvalue weighted by Gasteiger charge is 2.40. The molecule has 1 fully saturated rings. The lowest BCUT2D eigenvalue weighted by Crippen LogP contribution is -2.55. The normalized spacial score (nSPS) is 22.4. The van der Waals surface area contributed by atoms with Gasteiger partial charge in [-0.25, -0.2) is 8.78 Å². The molecule has 10 heteroatoms. The molecule has 1 heterocycles. The van der Waals surface area contributed by atoms with Crippen LogP contribution in [0.5, 0.6) is 0 Å². The van der Waals surface area contributed by atoms with Crippen LogP contribution in [-0.4, -0.2) is 31.7 Å². The van der Waals surface area contributed by atoms with Crippen LogP contribution in [-0.2, 0) is 15.0 Å². The Bertz CT molecular complexity index is 987. The number of carbonyl (C=O) groups excluding carboxylic acids is 1. The van der Waals surface area contributed by atoms with Crippen molar-refractivity contribution in [2.24, 2.45) is 0 Å². The Hall–Kier alpha value is -2.07. The molecule has 1 unspecified atom stereocenters. The van der Waals surface area contributed by atoms with E-state index in [0.717, 1.165) is 10.4 Å². The molecular formula is C17H16ClF2N3O3S. The van der Waals surface area contributed by atoms with E-state index in [-0.39, 0.29) is 17.1 Å². The monoisotopic (exact) mass is 415 g/mol. The maximum Gasteiger partial charge on any atom is 0.280 e. The summed E-state index contributed by atoms with van der Waals surface area (Å²) in [4.78, 5) is 12.6. The van der Waals surface area contributed by atoms with Gasteiger partial charge in [0.2, 0.25) is 5.91 Å². The highest BCUT2D eigenvalue weighted by molar-refractivity contribution is 7.87. The molecule has 0 saturated carbocycles. The molecule has 0 bridgehead atoms. The number of hydrogen-bond acceptors (Lipinski definition) is 3. The van der Waals surface area contributed by atoms with Gasteiger partial charge in [-0.15, -0.1) is 0 Å². The molecular weight excluding hydrogens is 400 g/mol. The van der Waals surface area contributed by atoms with Crippen LogP contribution in [0.15, 0.2) is 42.5 Å². The van der Waals surface area contributed by atoms with Crippen molar-refractivity contribution < 1.29 is 22.0 Å². The Balaban J connectivity index is 1.85. The SMILES string of the molecule is CN1[C@@H](C(=O)Nc2ccc(F)c(Cl)c2)CC(c2cccc(F)c2)NS1(=O)=O. The summed E-state index contributed by atoms with van der Waals surface area (Å²) in [6.07, 6.45) is 0.0833. The van der Waals surface area contributed by atoms with Crippen LogP contribution in [0.4, 0.5) is 14.5 Å². The highest BCUT2D eigenvalue weighted by atomic mass is 35.5. The van der Waals surface area contributed by atoms with Crippen LogP contribution in [0, 0.1) is 11.6 Å². The van der Waals surface area contributed by atoms with E-state index in [2.05, 4.69) is 10.0 Å². The zero-order chi connectivity index (χ0) is 19.8. The lowest BCUT2D eigenvalue weighted by Gasteiger charge is -2.36. The third kappa shape index (κ3) is 4.27. The number of carbonyl (C=O) groups is 1. The molecule has 3 rings (SSSR count). The first-order valence-corrected chi connectivity index (χ1v) is 9.76. The minimum atomic E-state index is -3.96. The second kappa shape index (κ2) is 7.51. The van der Waals surface area contributed by atoms with Crippen LogP contribution in [0.1, 0.15) is 18.0 Å². The topological polar surface area (TPSA) is 78.5 Å². The molecule has 0 aliphatic carbocycles. The average molecular weight is 416 g/mol. The predicted octanol–water partition coefficient (Wildman–Crippen LogP) is 2.84. The van der Waals surface area contributed by atoms with E-state index in [4.69, 9.17) is 11.6 Å². The molecule has 6 nitrogen and oxygen atoms in total. The van der Waals surface area contributed by atoms with Crippen LogP contribution in [0.3, 0.4) is 0 Å². The van der Waals surface area contributed by atoms with Crippen molar-refractivity contribution in [3.05, 3.63) is 64.7 Å². The largest absolute Gasteiger partial charge is 0.325 e. The minimum absolute atomic E-state index is 0.0833. The highest BCUT2D eigenvalue weighted by Crippen LogP contribution is 2.29. The molecule has 27 heavy (non-hydrogen) atoms. The first kappa shape index (κ1) is 19.7. The van der Waals surface area contributed by atoms with Crippen molar-refractivity contribution in [3.63, 3.8) is 0 Å². The van der Waals surface area contributed by atoms with Gasteiger partial charge in [0.1, 0.15) is 17.7 Å². The predicted molar refractivity (Wildman–Crippen MR) is 97.4 cm³/mol. The van der Waals surface area contributed by atoms with Gasteiger partial charge in [0.05, 0.1) is 11.1 Å². The molecule has 2 aromatic carbocycles. The maximum atomic E-state index is 13.5. The zero-order valence-corrected chi connectivity index (χ0v) is 15.7. The Labute approximate surface area is 160 Å². The van der Waals surface area contributed by atoms with Gasteiger partial charge in [-0.2, -0.15) is 17.4 Å². The van der Waals surface area contributed by atoms with E-state index in [1.165, 1.54) is 37.4 Å². The van der Waals surface area contributed by atoms with Gasteiger partial charge in [-0.1, -0.05) is 23.7 Å². The molecule has 0 aromatic heterocycles. The smallest absolute Gasteiger partial charge is 0.280 e. The minimum Gasteiger partial charge on any atom is -0.325 e. The van der Waals surface area contributed by atoms with Gasteiger partial charge in [0.15, 0.2) is 0 Å². The van der Waals surface area contributed by atoms with Crippen molar-refractivity contribution in [1.29, 1.82) is 0 Å². The molecule has 2 N–H and O–H groups in total. The number of halogens is 3. The van der Waals surface area contributed by atoms with Gasteiger partial charge in [-0.05, 0) is 42.3 Å². The molecule has 0 spiro atoms. The van der Waals surface area contributed by atoms with E-state index >= 15 is 0 Å². The summed E-state index contributed by atoms with van der Waals surface area (Å²) in [5, 5.41) is 2.36. The quantitative estimate of drug-likeness (QED) is 0.809. The van der Waals surface area contributed by atoms with Gasteiger partial charge in [0.25, 0.3) is 10.2 Å². The number of nitrogens with one attached hydrogen (secondary N) is 2. The summed E-state index contributed by atoms with van der Waals surface area (Å²) in [6.45, 7) is 0. The van der Waals surface area contributed by atoms with Crippen LogP contribution < -0.4 is 10.0 Å². The summed E-state index contributed by atoms with van der Waals surface area (Å²) in [6, 6.07) is 7.33. The van der Waals surface area contributed by atoms with Crippen LogP contribution >= 0.6 is 11.6 Å². The fraction of sp³-hybridized carbons (Fsp3) is 0.235. The first-order valence-electron chi connectivity index (χ1n) is 7.94. The second-order valence-electron chi connectivity index (χ2n) is 6.12. The molecule has 144 valence electrons. The summed E-state index contributed by atoms with van der Waals surface area (Å²) < 4.78 is 54.9. The number of nitrogens with zero attached hydrogens (tertiary/aromatic N) is 1. The van der Waals surface area contributed by atoms with Crippen molar-refractivity contribution >= 4 is 33.4 Å². The molecule has 1 amide bonds. The fourth-order valence-electron chi connectivity index (χ4n) is 2.85. The van der Waals surface area contributed by atoms with E-state index in [1.54, 1.807) is 6.07 Å². The van der Waals surface area contributed by atoms with Crippen molar-refractivity contribution in [2.45, 2.75) is 18.5 Å². The fourth-order valence-corrected chi connectivity index (χ4v) is 4.30. The van der Waals surface area contributed by atoms with Crippen molar-refractivity contribution in [3.8, 4) is 0 Å². The molecule has 2 aromatic rings. The number of anilines is 1. The Kier molecular flexibility index (Phi) is 5.48. The van der Waals surface area contributed by atoms with E-state index < -0.39 is 39.8 Å². The van der Waals surface area contributed by atoms with Gasteiger partial charge >= 0.3 is 0 Å².